The fraction of sp³-hybridized carbons (Fsp3) is 0.667. The SMILES string of the molecule is COC1C2C(Br)=C(Br)NC2C(=O)NC[C@H]1Br. The Morgan fingerprint density at radius 1 is 1.44 bits per heavy atom. The lowest BCUT2D eigenvalue weighted by molar-refractivity contribution is -0.123. The summed E-state index contributed by atoms with van der Waals surface area (Å²) in [5.74, 6) is -0.00773. The molecule has 1 amide bonds. The van der Waals surface area contributed by atoms with Crippen molar-refractivity contribution in [3.8, 4) is 0 Å². The molecule has 1 fully saturated rings. The van der Waals surface area contributed by atoms with Crippen LogP contribution in [-0.2, 0) is 9.53 Å². The van der Waals surface area contributed by atoms with Crippen LogP contribution < -0.4 is 10.6 Å². The monoisotopic (exact) mass is 416 g/mol. The second kappa shape index (κ2) is 4.96. The van der Waals surface area contributed by atoms with E-state index >= 15 is 0 Å². The summed E-state index contributed by atoms with van der Waals surface area (Å²) in [6.07, 6.45) is -0.0547. The minimum atomic E-state index is -0.281. The van der Waals surface area contributed by atoms with E-state index < -0.39 is 0 Å². The third-order valence-corrected chi connectivity index (χ3v) is 5.84. The van der Waals surface area contributed by atoms with Crippen molar-refractivity contribution in [1.29, 1.82) is 0 Å². The Morgan fingerprint density at radius 3 is 2.75 bits per heavy atom. The Labute approximate surface area is 119 Å². The Morgan fingerprint density at radius 2 is 2.12 bits per heavy atom. The molecular weight excluding hydrogens is 408 g/mol. The van der Waals surface area contributed by atoms with Gasteiger partial charge in [-0.2, -0.15) is 0 Å². The quantitative estimate of drug-likeness (QED) is 0.500. The third kappa shape index (κ3) is 2.07. The average molecular weight is 419 g/mol. The summed E-state index contributed by atoms with van der Waals surface area (Å²) in [6, 6.07) is -0.281. The molecule has 0 bridgehead atoms. The van der Waals surface area contributed by atoms with Crippen LogP contribution in [0.4, 0.5) is 0 Å². The molecule has 0 saturated carbocycles. The van der Waals surface area contributed by atoms with Crippen molar-refractivity contribution in [3.63, 3.8) is 0 Å². The van der Waals surface area contributed by atoms with Crippen LogP contribution in [-0.4, -0.2) is 36.5 Å². The molecule has 7 heteroatoms. The van der Waals surface area contributed by atoms with Crippen LogP contribution in [0.1, 0.15) is 0 Å². The van der Waals surface area contributed by atoms with Crippen LogP contribution >= 0.6 is 47.8 Å². The zero-order chi connectivity index (χ0) is 11.9. The normalized spacial score (nSPS) is 38.9. The highest BCUT2D eigenvalue weighted by Gasteiger charge is 2.46. The number of alkyl halides is 1. The van der Waals surface area contributed by atoms with E-state index in [4.69, 9.17) is 4.74 Å². The van der Waals surface area contributed by atoms with Crippen molar-refractivity contribution in [2.75, 3.05) is 13.7 Å². The Balaban J connectivity index is 2.35. The van der Waals surface area contributed by atoms with E-state index in [1.54, 1.807) is 7.11 Å². The summed E-state index contributed by atoms with van der Waals surface area (Å²) in [6.45, 7) is 0.573. The largest absolute Gasteiger partial charge is 0.379 e. The molecule has 0 aromatic carbocycles. The van der Waals surface area contributed by atoms with Gasteiger partial charge in [0.25, 0.3) is 0 Å². The highest BCUT2D eigenvalue weighted by atomic mass is 79.9. The Hall–Kier alpha value is 0.410. The van der Waals surface area contributed by atoms with Gasteiger partial charge in [-0.15, -0.1) is 0 Å². The van der Waals surface area contributed by atoms with Crippen LogP contribution in [0.15, 0.2) is 9.09 Å². The van der Waals surface area contributed by atoms with E-state index in [1.165, 1.54) is 0 Å². The molecule has 0 spiro atoms. The van der Waals surface area contributed by atoms with Crippen molar-refractivity contribution in [2.24, 2.45) is 5.92 Å². The summed E-state index contributed by atoms with van der Waals surface area (Å²) in [5.41, 5.74) is 0. The molecule has 2 N–H and O–H groups in total. The van der Waals surface area contributed by atoms with E-state index in [0.717, 1.165) is 9.09 Å². The fourth-order valence-electron chi connectivity index (χ4n) is 2.09. The predicted molar refractivity (Wildman–Crippen MR) is 71.8 cm³/mol. The fourth-order valence-corrected chi connectivity index (χ4v) is 3.95. The molecule has 2 rings (SSSR count). The first-order valence-corrected chi connectivity index (χ1v) is 7.32. The van der Waals surface area contributed by atoms with Gasteiger partial charge in [0.05, 0.1) is 15.5 Å². The molecule has 2 aliphatic heterocycles. The van der Waals surface area contributed by atoms with Gasteiger partial charge in [0.15, 0.2) is 0 Å². The number of rotatable bonds is 1. The van der Waals surface area contributed by atoms with Gasteiger partial charge < -0.3 is 15.4 Å². The Bertz CT molecular complexity index is 348. The van der Waals surface area contributed by atoms with Crippen LogP contribution in [0.2, 0.25) is 0 Å². The summed E-state index contributed by atoms with van der Waals surface area (Å²) >= 11 is 10.5. The molecule has 1 saturated heterocycles. The van der Waals surface area contributed by atoms with E-state index in [9.17, 15) is 4.79 Å². The number of fused-ring (bicyclic) bond motifs is 1. The number of hydrogen-bond acceptors (Lipinski definition) is 3. The van der Waals surface area contributed by atoms with Crippen molar-refractivity contribution < 1.29 is 9.53 Å². The van der Waals surface area contributed by atoms with Crippen LogP contribution in [0.25, 0.3) is 0 Å². The number of carbonyl (C=O) groups is 1. The number of methoxy groups -OCH3 is 1. The highest BCUT2D eigenvalue weighted by molar-refractivity contribution is 9.14. The highest BCUT2D eigenvalue weighted by Crippen LogP contribution is 2.39. The van der Waals surface area contributed by atoms with Gasteiger partial charge in [0.2, 0.25) is 5.91 Å². The van der Waals surface area contributed by atoms with Gasteiger partial charge in [-0.05, 0) is 15.9 Å². The van der Waals surface area contributed by atoms with E-state index in [1.807, 2.05) is 0 Å². The van der Waals surface area contributed by atoms with Crippen molar-refractivity contribution >= 4 is 53.7 Å². The van der Waals surface area contributed by atoms with Gasteiger partial charge in [0.1, 0.15) is 6.04 Å². The number of amides is 1. The standard InChI is InChI=1S/C9H11Br3N2O2/c1-16-7-3(10)2-13-9(15)6-4(7)5(11)8(12)14-6/h3-4,6-7,14H,2H2,1H3,(H,13,15)/t3-,4?,6?,7?/m1/s1. The molecule has 90 valence electrons. The molecule has 0 aromatic heterocycles. The lowest BCUT2D eigenvalue weighted by Gasteiger charge is -2.26. The van der Waals surface area contributed by atoms with E-state index in [-0.39, 0.29) is 28.8 Å². The van der Waals surface area contributed by atoms with Gasteiger partial charge in [-0.3, -0.25) is 4.79 Å². The van der Waals surface area contributed by atoms with Crippen LogP contribution in [0, 0.1) is 5.92 Å². The van der Waals surface area contributed by atoms with Crippen molar-refractivity contribution in [3.05, 3.63) is 9.09 Å². The molecule has 0 radical (unpaired) electrons. The summed E-state index contributed by atoms with van der Waals surface area (Å²) in [4.78, 5) is 12.0. The van der Waals surface area contributed by atoms with Gasteiger partial charge in [-0.25, -0.2) is 0 Å². The van der Waals surface area contributed by atoms with Gasteiger partial charge in [0, 0.05) is 24.1 Å². The van der Waals surface area contributed by atoms with Crippen molar-refractivity contribution in [1.82, 2.24) is 10.6 Å². The number of nitrogens with one attached hydrogen (secondary N) is 2. The third-order valence-electron chi connectivity index (χ3n) is 2.88. The molecule has 2 heterocycles. The summed E-state index contributed by atoms with van der Waals surface area (Å²) in [5, 5.41) is 5.99. The van der Waals surface area contributed by atoms with Gasteiger partial charge in [-0.1, -0.05) is 31.9 Å². The number of halogens is 3. The number of hydrogen-bond donors (Lipinski definition) is 2. The minimum Gasteiger partial charge on any atom is -0.379 e. The van der Waals surface area contributed by atoms with E-state index in [0.29, 0.717) is 6.54 Å². The maximum absolute atomic E-state index is 11.9. The zero-order valence-corrected chi connectivity index (χ0v) is 13.2. The molecular formula is C9H11Br3N2O2. The van der Waals surface area contributed by atoms with E-state index in [2.05, 4.69) is 58.4 Å². The lowest BCUT2D eigenvalue weighted by atomic mass is 9.94. The first-order valence-electron chi connectivity index (χ1n) is 4.82. The van der Waals surface area contributed by atoms with Gasteiger partial charge >= 0.3 is 0 Å². The van der Waals surface area contributed by atoms with Crippen LogP contribution in [0.3, 0.4) is 0 Å². The van der Waals surface area contributed by atoms with Crippen LogP contribution in [0.5, 0.6) is 0 Å². The molecule has 4 nitrogen and oxygen atoms in total. The maximum Gasteiger partial charge on any atom is 0.243 e. The predicted octanol–water partition coefficient (Wildman–Crippen LogP) is 1.44. The summed E-state index contributed by atoms with van der Waals surface area (Å²) in [7, 11) is 1.66. The molecule has 4 atom stereocenters. The molecule has 2 aliphatic rings. The number of carbonyl (C=O) groups excluding carboxylic acids is 1. The number of ether oxygens (including phenoxy) is 1. The summed E-state index contributed by atoms with van der Waals surface area (Å²) < 4.78 is 7.27. The maximum atomic E-state index is 11.9. The zero-order valence-electron chi connectivity index (χ0n) is 8.47. The second-order valence-corrected chi connectivity index (χ2v) is 6.59. The second-order valence-electron chi connectivity index (χ2n) is 3.77. The smallest absolute Gasteiger partial charge is 0.243 e. The first-order chi connectivity index (χ1) is 7.56. The molecule has 0 aliphatic carbocycles. The lowest BCUT2D eigenvalue weighted by Crippen LogP contribution is -2.44. The van der Waals surface area contributed by atoms with Crippen molar-refractivity contribution in [2.45, 2.75) is 17.0 Å². The Kier molecular flexibility index (Phi) is 3.98. The molecule has 0 aromatic rings. The molecule has 16 heavy (non-hydrogen) atoms. The average Bonchev–Trinajstić information content (AvgIpc) is 2.48. The minimum absolute atomic E-state index is 0.000370. The molecule has 3 unspecified atom stereocenters. The first kappa shape index (κ1) is 12.9. The topological polar surface area (TPSA) is 50.4 Å².